The van der Waals surface area contributed by atoms with Gasteiger partial charge in [-0.2, -0.15) is 20.0 Å². The fourth-order valence-electron chi connectivity index (χ4n) is 4.65. The van der Waals surface area contributed by atoms with Crippen LogP contribution in [0.25, 0.3) is 5.69 Å². The van der Waals surface area contributed by atoms with Gasteiger partial charge in [0.05, 0.1) is 12.4 Å². The van der Waals surface area contributed by atoms with Crippen LogP contribution in [-0.4, -0.2) is 76.0 Å². The standard InChI is InChI=1S/C22H23F3N8O/c1-30(2)22-28-16(20(24)25)8-18(29-22)31-9-13-11-32(12-14(13)10-31)21(34)19-15(23)4-3-5-17(19)33-26-6-7-27-33/h3-8,13-14,20H,9-12H2,1-2H3. The highest BCUT2D eigenvalue weighted by atomic mass is 19.3. The summed E-state index contributed by atoms with van der Waals surface area (Å²) in [5.41, 5.74) is -0.101. The third kappa shape index (κ3) is 3.93. The first-order chi connectivity index (χ1) is 16.3. The van der Waals surface area contributed by atoms with Crippen molar-refractivity contribution in [3.63, 3.8) is 0 Å². The van der Waals surface area contributed by atoms with Crippen LogP contribution in [0.4, 0.5) is 24.9 Å². The largest absolute Gasteiger partial charge is 0.356 e. The van der Waals surface area contributed by atoms with E-state index < -0.39 is 18.1 Å². The number of aromatic nitrogens is 5. The van der Waals surface area contributed by atoms with E-state index in [0.717, 1.165) is 0 Å². The summed E-state index contributed by atoms with van der Waals surface area (Å²) < 4.78 is 41.4. The Morgan fingerprint density at radius 2 is 1.74 bits per heavy atom. The maximum Gasteiger partial charge on any atom is 0.280 e. The van der Waals surface area contributed by atoms with E-state index in [2.05, 4.69) is 20.2 Å². The van der Waals surface area contributed by atoms with Crippen LogP contribution in [0.15, 0.2) is 36.7 Å². The normalized spacial score (nSPS) is 19.7. The van der Waals surface area contributed by atoms with E-state index in [1.165, 1.54) is 35.4 Å². The maximum absolute atomic E-state index is 14.7. The summed E-state index contributed by atoms with van der Waals surface area (Å²) in [6.07, 6.45) is 0.222. The van der Waals surface area contributed by atoms with E-state index in [4.69, 9.17) is 0 Å². The average molecular weight is 472 g/mol. The third-order valence-electron chi connectivity index (χ3n) is 6.28. The predicted molar refractivity (Wildman–Crippen MR) is 118 cm³/mol. The van der Waals surface area contributed by atoms with Crippen molar-refractivity contribution in [2.75, 3.05) is 50.1 Å². The highest BCUT2D eigenvalue weighted by Crippen LogP contribution is 2.36. The van der Waals surface area contributed by atoms with E-state index >= 15 is 0 Å². The molecule has 0 N–H and O–H groups in total. The van der Waals surface area contributed by atoms with Gasteiger partial charge in [0, 0.05) is 58.2 Å². The Bertz CT molecular complexity index is 1160. The van der Waals surface area contributed by atoms with Gasteiger partial charge in [0.15, 0.2) is 0 Å². The predicted octanol–water partition coefficient (Wildman–Crippen LogP) is 2.41. The van der Waals surface area contributed by atoms with Gasteiger partial charge in [0.25, 0.3) is 12.3 Å². The van der Waals surface area contributed by atoms with Gasteiger partial charge in [-0.15, -0.1) is 0 Å². The zero-order valence-corrected chi connectivity index (χ0v) is 18.6. The van der Waals surface area contributed by atoms with Gasteiger partial charge in [0.1, 0.15) is 28.6 Å². The van der Waals surface area contributed by atoms with Crippen molar-refractivity contribution in [3.05, 3.63) is 53.7 Å². The molecule has 2 unspecified atom stereocenters. The summed E-state index contributed by atoms with van der Waals surface area (Å²) in [4.78, 5) is 28.1. The molecule has 2 fully saturated rings. The van der Waals surface area contributed by atoms with Gasteiger partial charge in [-0.05, 0) is 12.1 Å². The van der Waals surface area contributed by atoms with Crippen LogP contribution in [-0.2, 0) is 0 Å². The Kier molecular flexibility index (Phi) is 5.58. The molecule has 34 heavy (non-hydrogen) atoms. The molecule has 178 valence electrons. The number of hydrogen-bond acceptors (Lipinski definition) is 7. The maximum atomic E-state index is 14.7. The first-order valence-corrected chi connectivity index (χ1v) is 10.9. The molecule has 9 nitrogen and oxygen atoms in total. The Morgan fingerprint density at radius 3 is 2.35 bits per heavy atom. The second-order valence-corrected chi connectivity index (χ2v) is 8.73. The molecule has 12 heteroatoms. The van der Waals surface area contributed by atoms with E-state index in [0.29, 0.717) is 32.0 Å². The molecule has 2 atom stereocenters. The van der Waals surface area contributed by atoms with Gasteiger partial charge >= 0.3 is 0 Å². The number of carbonyl (C=O) groups excluding carboxylic acids is 1. The van der Waals surface area contributed by atoms with Gasteiger partial charge in [-0.1, -0.05) is 6.07 Å². The van der Waals surface area contributed by atoms with Crippen LogP contribution in [0, 0.1) is 17.7 Å². The van der Waals surface area contributed by atoms with Crippen LogP contribution in [0.1, 0.15) is 22.5 Å². The van der Waals surface area contributed by atoms with Crippen molar-refractivity contribution in [2.45, 2.75) is 6.43 Å². The van der Waals surface area contributed by atoms with Crippen LogP contribution >= 0.6 is 0 Å². The minimum absolute atomic E-state index is 0.0662. The molecular weight excluding hydrogens is 449 g/mol. The fraction of sp³-hybridized carbons (Fsp3) is 0.409. The van der Waals surface area contributed by atoms with Crippen molar-refractivity contribution >= 4 is 17.7 Å². The lowest BCUT2D eigenvalue weighted by Crippen LogP contribution is -2.34. The number of nitrogens with zero attached hydrogens (tertiary/aromatic N) is 8. The molecule has 2 saturated heterocycles. The average Bonchev–Trinajstić information content (AvgIpc) is 3.55. The molecule has 0 spiro atoms. The number of fused-ring (bicyclic) bond motifs is 1. The lowest BCUT2D eigenvalue weighted by atomic mass is 10.0. The Labute approximate surface area is 193 Å². The number of amides is 1. The van der Waals surface area contributed by atoms with Gasteiger partial charge in [-0.3, -0.25) is 4.79 Å². The number of carbonyl (C=O) groups is 1. The summed E-state index contributed by atoms with van der Waals surface area (Å²) >= 11 is 0. The molecule has 2 aliphatic heterocycles. The summed E-state index contributed by atoms with van der Waals surface area (Å²) in [7, 11) is 3.40. The van der Waals surface area contributed by atoms with Crippen molar-refractivity contribution < 1.29 is 18.0 Å². The molecule has 5 rings (SSSR count). The van der Waals surface area contributed by atoms with E-state index in [-0.39, 0.29) is 34.7 Å². The molecule has 0 aliphatic carbocycles. The quantitative estimate of drug-likeness (QED) is 0.564. The van der Waals surface area contributed by atoms with E-state index in [1.807, 2.05) is 4.90 Å². The second kappa shape index (κ2) is 8.58. The number of halogens is 3. The van der Waals surface area contributed by atoms with Crippen LogP contribution in [0.2, 0.25) is 0 Å². The Morgan fingerprint density at radius 1 is 1.06 bits per heavy atom. The van der Waals surface area contributed by atoms with Crippen molar-refractivity contribution in [2.24, 2.45) is 11.8 Å². The molecule has 4 heterocycles. The van der Waals surface area contributed by atoms with Crippen LogP contribution in [0.3, 0.4) is 0 Å². The molecular formula is C22H23F3N8O. The molecule has 0 bridgehead atoms. The number of rotatable bonds is 5. The van der Waals surface area contributed by atoms with Crippen molar-refractivity contribution in [1.29, 1.82) is 0 Å². The molecule has 2 aliphatic rings. The summed E-state index contributed by atoms with van der Waals surface area (Å²) in [5, 5.41) is 8.06. The summed E-state index contributed by atoms with van der Waals surface area (Å²) in [5.74, 6) is -0.133. The SMILES string of the molecule is CN(C)c1nc(C(F)F)cc(N2CC3CN(C(=O)c4c(F)cccc4-n4nccn4)CC3C2)n1. The summed E-state index contributed by atoms with van der Waals surface area (Å²) in [6.45, 7) is 2.00. The zero-order valence-electron chi connectivity index (χ0n) is 18.6. The number of alkyl halides is 2. The number of anilines is 2. The smallest absolute Gasteiger partial charge is 0.280 e. The van der Waals surface area contributed by atoms with E-state index in [1.54, 1.807) is 30.0 Å². The molecule has 0 radical (unpaired) electrons. The van der Waals surface area contributed by atoms with Crippen LogP contribution in [0.5, 0.6) is 0 Å². The minimum Gasteiger partial charge on any atom is -0.356 e. The number of benzene rings is 1. The topological polar surface area (TPSA) is 83.3 Å². The van der Waals surface area contributed by atoms with Crippen molar-refractivity contribution in [3.8, 4) is 5.69 Å². The fourth-order valence-corrected chi connectivity index (χ4v) is 4.65. The lowest BCUT2D eigenvalue weighted by molar-refractivity contribution is 0.0777. The zero-order chi connectivity index (χ0) is 24.0. The Hall–Kier alpha value is -3.70. The van der Waals surface area contributed by atoms with Crippen LogP contribution < -0.4 is 9.80 Å². The van der Waals surface area contributed by atoms with Crippen molar-refractivity contribution in [1.82, 2.24) is 29.9 Å². The van der Waals surface area contributed by atoms with Gasteiger partial charge in [-0.25, -0.2) is 18.2 Å². The highest BCUT2D eigenvalue weighted by molar-refractivity contribution is 5.98. The summed E-state index contributed by atoms with van der Waals surface area (Å²) in [6, 6.07) is 5.69. The highest BCUT2D eigenvalue weighted by Gasteiger charge is 2.43. The third-order valence-corrected chi connectivity index (χ3v) is 6.28. The Balaban J connectivity index is 1.34. The molecule has 1 aromatic carbocycles. The van der Waals surface area contributed by atoms with Gasteiger partial charge < -0.3 is 14.7 Å². The van der Waals surface area contributed by atoms with Gasteiger partial charge in [0.2, 0.25) is 5.95 Å². The van der Waals surface area contributed by atoms with E-state index in [9.17, 15) is 18.0 Å². The molecule has 3 aromatic rings. The first-order valence-electron chi connectivity index (χ1n) is 10.9. The number of hydrogen-bond donors (Lipinski definition) is 0. The molecule has 0 saturated carbocycles. The molecule has 2 aromatic heterocycles. The monoisotopic (exact) mass is 472 g/mol. The second-order valence-electron chi connectivity index (χ2n) is 8.73. The minimum atomic E-state index is -2.70. The number of likely N-dealkylation sites (tertiary alicyclic amines) is 1. The first kappa shape index (κ1) is 22.1. The molecule has 1 amide bonds. The lowest BCUT2D eigenvalue weighted by Gasteiger charge is -2.24.